The lowest BCUT2D eigenvalue weighted by atomic mass is 9.81. The molecule has 0 radical (unpaired) electrons. The number of nitrogens with one attached hydrogen (secondary N) is 2. The second-order valence-corrected chi connectivity index (χ2v) is 9.59. The van der Waals surface area contributed by atoms with Crippen LogP contribution in [0.3, 0.4) is 0 Å². The molecule has 1 aromatic heterocycles. The summed E-state index contributed by atoms with van der Waals surface area (Å²) in [6, 6.07) is 6.51. The number of methoxy groups -OCH3 is 1. The largest absolute Gasteiger partial charge is 0.494 e. The zero-order valence-electron chi connectivity index (χ0n) is 21.0. The highest BCUT2D eigenvalue weighted by atomic mass is 19.1. The first kappa shape index (κ1) is 26.0. The number of aryl methyl sites for hydroxylation is 1. The van der Waals surface area contributed by atoms with Gasteiger partial charge >= 0.3 is 0 Å². The number of rotatable bonds is 9. The summed E-state index contributed by atoms with van der Waals surface area (Å²) in [4.78, 5) is 27.4. The summed E-state index contributed by atoms with van der Waals surface area (Å²) >= 11 is 0. The molecule has 1 aliphatic carbocycles. The normalized spacial score (nSPS) is 22.5. The summed E-state index contributed by atoms with van der Waals surface area (Å²) < 4.78 is 18.6. The van der Waals surface area contributed by atoms with Crippen LogP contribution in [-0.2, 0) is 11.4 Å². The van der Waals surface area contributed by atoms with Crippen LogP contribution in [0.25, 0.3) is 0 Å². The molecular weight excluding hydrogens is 465 g/mol. The lowest BCUT2D eigenvalue weighted by Crippen LogP contribution is -2.39. The third-order valence-corrected chi connectivity index (χ3v) is 6.73. The molecule has 36 heavy (non-hydrogen) atoms. The van der Waals surface area contributed by atoms with Gasteiger partial charge in [0.15, 0.2) is 11.6 Å². The van der Waals surface area contributed by atoms with Crippen LogP contribution < -0.4 is 15.4 Å². The number of aliphatic hydroxyl groups excluding tert-OH is 1. The highest BCUT2D eigenvalue weighted by Gasteiger charge is 2.34. The van der Waals surface area contributed by atoms with E-state index in [1.807, 2.05) is 0 Å². The quantitative estimate of drug-likeness (QED) is 0.486. The minimum absolute atomic E-state index is 0.00119. The average molecular weight is 500 g/mol. The summed E-state index contributed by atoms with van der Waals surface area (Å²) in [5.41, 5.74) is 2.25. The fraction of sp³-hybridized carbons (Fsp3) is 0.538. The van der Waals surface area contributed by atoms with Crippen LogP contribution >= 0.6 is 0 Å². The fourth-order valence-electron chi connectivity index (χ4n) is 4.75. The van der Waals surface area contributed by atoms with E-state index in [9.17, 15) is 14.3 Å². The summed E-state index contributed by atoms with van der Waals surface area (Å²) in [5.74, 6) is 0.193. The molecule has 1 saturated carbocycles. The van der Waals surface area contributed by atoms with Gasteiger partial charge in [0.1, 0.15) is 23.3 Å². The Kier molecular flexibility index (Phi) is 8.48. The van der Waals surface area contributed by atoms with Crippen molar-refractivity contribution in [2.45, 2.75) is 70.7 Å². The lowest BCUT2D eigenvalue weighted by Gasteiger charge is -2.31. The number of hydrogen-bond donors (Lipinski definition) is 3. The number of benzene rings is 1. The summed E-state index contributed by atoms with van der Waals surface area (Å²) in [6.45, 7) is 4.34. The van der Waals surface area contributed by atoms with E-state index in [4.69, 9.17) is 9.57 Å². The van der Waals surface area contributed by atoms with Crippen LogP contribution in [0, 0.1) is 18.7 Å². The van der Waals surface area contributed by atoms with E-state index in [-0.39, 0.29) is 36.1 Å². The fourth-order valence-corrected chi connectivity index (χ4v) is 4.75. The Hall–Kier alpha value is -3.11. The van der Waals surface area contributed by atoms with Crippen molar-refractivity contribution >= 4 is 11.6 Å². The summed E-state index contributed by atoms with van der Waals surface area (Å²) in [7, 11) is 1.40. The Labute approximate surface area is 210 Å². The number of oxime groups is 1. The van der Waals surface area contributed by atoms with Crippen molar-refractivity contribution in [2.75, 3.05) is 13.7 Å². The molecule has 1 fully saturated rings. The Morgan fingerprint density at radius 1 is 1.25 bits per heavy atom. The molecule has 1 amide bonds. The maximum atomic E-state index is 13.6. The first-order chi connectivity index (χ1) is 17.3. The van der Waals surface area contributed by atoms with Gasteiger partial charge in [-0.25, -0.2) is 14.4 Å². The van der Waals surface area contributed by atoms with Gasteiger partial charge < -0.3 is 25.3 Å². The number of nitrogens with zero attached hydrogens (tertiary/aromatic N) is 3. The van der Waals surface area contributed by atoms with Crippen LogP contribution in [0.1, 0.15) is 66.6 Å². The molecule has 2 atom stereocenters. The molecule has 1 aliphatic heterocycles. The van der Waals surface area contributed by atoms with Crippen molar-refractivity contribution in [1.82, 2.24) is 20.6 Å². The topological polar surface area (TPSA) is 118 Å². The monoisotopic (exact) mass is 499 g/mol. The van der Waals surface area contributed by atoms with Gasteiger partial charge in [-0.1, -0.05) is 11.2 Å². The molecule has 4 rings (SSSR count). The molecule has 1 aromatic carbocycles. The molecule has 2 heterocycles. The maximum Gasteiger partial charge on any atom is 0.270 e. The van der Waals surface area contributed by atoms with E-state index in [2.05, 4.69) is 25.8 Å². The second kappa shape index (κ2) is 11.7. The Morgan fingerprint density at radius 3 is 2.75 bits per heavy atom. The van der Waals surface area contributed by atoms with E-state index in [1.165, 1.54) is 13.2 Å². The molecule has 2 aromatic rings. The minimum atomic E-state index is -0.456. The van der Waals surface area contributed by atoms with Gasteiger partial charge in [0.05, 0.1) is 18.9 Å². The first-order valence-electron chi connectivity index (χ1n) is 12.4. The van der Waals surface area contributed by atoms with Crippen molar-refractivity contribution < 1.29 is 23.9 Å². The Morgan fingerprint density at radius 2 is 2.03 bits per heavy atom. The zero-order valence-corrected chi connectivity index (χ0v) is 21.0. The molecule has 10 heteroatoms. The summed E-state index contributed by atoms with van der Waals surface area (Å²) in [6.07, 6.45) is 4.46. The van der Waals surface area contributed by atoms with Crippen LogP contribution in [0.2, 0.25) is 0 Å². The van der Waals surface area contributed by atoms with E-state index in [0.717, 1.165) is 31.4 Å². The molecule has 0 bridgehead atoms. The lowest BCUT2D eigenvalue weighted by molar-refractivity contribution is 0.0228. The predicted molar refractivity (Wildman–Crippen MR) is 132 cm³/mol. The third kappa shape index (κ3) is 6.55. The van der Waals surface area contributed by atoms with Crippen molar-refractivity contribution in [3.05, 3.63) is 52.9 Å². The van der Waals surface area contributed by atoms with E-state index in [1.54, 1.807) is 32.0 Å². The van der Waals surface area contributed by atoms with E-state index >= 15 is 0 Å². The van der Waals surface area contributed by atoms with Crippen LogP contribution in [-0.4, -0.2) is 58.6 Å². The molecule has 0 saturated heterocycles. The number of amides is 1. The maximum absolute atomic E-state index is 13.6. The second-order valence-electron chi connectivity index (χ2n) is 9.59. The van der Waals surface area contributed by atoms with Crippen molar-refractivity contribution in [3.8, 4) is 5.75 Å². The number of ether oxygens (including phenoxy) is 1. The standard InChI is InChI=1S/C26H34FN5O4/c1-15(33)13-28-19-7-5-18(6-8-19)24-12-22(32-36-24)21-11-23(31-16(2)30-21)26(34)29-14-17-4-9-20(27)25(10-17)35-3/h4,9-11,15,18-19,24,28,33H,5-8,12-14H2,1-3H3,(H,29,34)/t15-,18?,19?,24-/m0/s1. The zero-order chi connectivity index (χ0) is 25.7. The van der Waals surface area contributed by atoms with Crippen molar-refractivity contribution in [2.24, 2.45) is 11.1 Å². The number of hydrogen-bond acceptors (Lipinski definition) is 8. The highest BCUT2D eigenvalue weighted by Crippen LogP contribution is 2.33. The van der Waals surface area contributed by atoms with Gasteiger partial charge in [-0.3, -0.25) is 4.79 Å². The molecule has 2 aliphatic rings. The number of carbonyl (C=O) groups is 1. The van der Waals surface area contributed by atoms with Crippen LogP contribution in [0.15, 0.2) is 29.4 Å². The van der Waals surface area contributed by atoms with Gasteiger partial charge in [-0.15, -0.1) is 0 Å². The Balaban J connectivity index is 1.33. The smallest absolute Gasteiger partial charge is 0.270 e. The number of aromatic nitrogens is 2. The van der Waals surface area contributed by atoms with Gasteiger partial charge in [-0.2, -0.15) is 0 Å². The molecule has 3 N–H and O–H groups in total. The van der Waals surface area contributed by atoms with Crippen molar-refractivity contribution in [1.29, 1.82) is 0 Å². The average Bonchev–Trinajstić information content (AvgIpc) is 3.37. The van der Waals surface area contributed by atoms with Gasteiger partial charge in [0, 0.05) is 25.6 Å². The highest BCUT2D eigenvalue weighted by molar-refractivity contribution is 6.01. The van der Waals surface area contributed by atoms with Crippen molar-refractivity contribution in [3.63, 3.8) is 0 Å². The SMILES string of the molecule is COc1cc(CNC(=O)c2cc(C3=NO[C@H](C4CCC(NC[C@H](C)O)CC4)C3)nc(C)n2)ccc1F. The molecule has 194 valence electrons. The molecule has 0 unspecified atom stereocenters. The number of halogens is 1. The third-order valence-electron chi connectivity index (χ3n) is 6.73. The van der Waals surface area contributed by atoms with E-state index < -0.39 is 5.82 Å². The van der Waals surface area contributed by atoms with Gasteiger partial charge in [-0.05, 0) is 69.2 Å². The molecule has 9 nitrogen and oxygen atoms in total. The number of carbonyl (C=O) groups excluding carboxylic acids is 1. The predicted octanol–water partition coefficient (Wildman–Crippen LogP) is 2.88. The first-order valence-corrected chi connectivity index (χ1v) is 12.4. The van der Waals surface area contributed by atoms with Gasteiger partial charge in [0.2, 0.25) is 0 Å². The van der Waals surface area contributed by atoms with Gasteiger partial charge in [0.25, 0.3) is 5.91 Å². The van der Waals surface area contributed by atoms with E-state index in [0.29, 0.717) is 42.0 Å². The molecule has 0 spiro atoms. The summed E-state index contributed by atoms with van der Waals surface area (Å²) in [5, 5.41) is 20.0. The number of aliphatic hydroxyl groups is 1. The van der Waals surface area contributed by atoms with Crippen LogP contribution in [0.5, 0.6) is 5.75 Å². The minimum Gasteiger partial charge on any atom is -0.494 e. The molecular formula is C26H34FN5O4. The van der Waals surface area contributed by atoms with Crippen LogP contribution in [0.4, 0.5) is 4.39 Å². The Bertz CT molecular complexity index is 1100.